The highest BCUT2D eigenvalue weighted by atomic mass is 16.5. The summed E-state index contributed by atoms with van der Waals surface area (Å²) in [6.07, 6.45) is 6.44. The minimum atomic E-state index is 0.346. The zero-order valence-corrected chi connectivity index (χ0v) is 10.5. The van der Waals surface area contributed by atoms with Gasteiger partial charge in [0.2, 0.25) is 0 Å². The van der Waals surface area contributed by atoms with E-state index >= 15 is 0 Å². The van der Waals surface area contributed by atoms with Crippen LogP contribution in [0, 0.1) is 11.8 Å². The van der Waals surface area contributed by atoms with Crippen LogP contribution in [0.2, 0.25) is 0 Å². The Morgan fingerprint density at radius 3 is 2.73 bits per heavy atom. The zero-order chi connectivity index (χ0) is 11.3. The molecule has 0 spiro atoms. The largest absolute Gasteiger partial charge is 0.378 e. The number of ether oxygens (including phenoxy) is 1. The molecule has 15 heavy (non-hydrogen) atoms. The molecular weight excluding hydrogens is 186 g/mol. The molecule has 2 nitrogen and oxygen atoms in total. The summed E-state index contributed by atoms with van der Waals surface area (Å²) in [6.45, 7) is 7.68. The standard InChI is InChI=1S/C13H27NO/c1-4-6-10(3)9-12(14)11-7-8-15-13(11)5-2/h10-13H,4-9,14H2,1-3H3. The fourth-order valence-corrected chi connectivity index (χ4v) is 2.83. The SMILES string of the molecule is CCCC(C)CC(N)C1CCOC1CC. The van der Waals surface area contributed by atoms with Crippen LogP contribution in [0.3, 0.4) is 0 Å². The molecule has 4 unspecified atom stereocenters. The normalized spacial score (nSPS) is 30.4. The fourth-order valence-electron chi connectivity index (χ4n) is 2.83. The first-order valence-corrected chi connectivity index (χ1v) is 6.56. The van der Waals surface area contributed by atoms with Crippen LogP contribution in [0.5, 0.6) is 0 Å². The minimum absolute atomic E-state index is 0.346. The highest BCUT2D eigenvalue weighted by Gasteiger charge is 2.31. The summed E-state index contributed by atoms with van der Waals surface area (Å²) in [4.78, 5) is 0. The molecule has 0 aromatic rings. The molecule has 2 heteroatoms. The van der Waals surface area contributed by atoms with Crippen LogP contribution in [0.25, 0.3) is 0 Å². The van der Waals surface area contributed by atoms with Crippen LogP contribution < -0.4 is 5.73 Å². The summed E-state index contributed by atoms with van der Waals surface area (Å²) in [5.41, 5.74) is 6.30. The lowest BCUT2D eigenvalue weighted by Crippen LogP contribution is -2.36. The molecule has 1 fully saturated rings. The number of hydrogen-bond acceptors (Lipinski definition) is 2. The van der Waals surface area contributed by atoms with Crippen molar-refractivity contribution in [3.05, 3.63) is 0 Å². The van der Waals surface area contributed by atoms with Gasteiger partial charge in [-0.1, -0.05) is 33.6 Å². The minimum Gasteiger partial charge on any atom is -0.378 e. The number of rotatable bonds is 6. The van der Waals surface area contributed by atoms with Gasteiger partial charge in [0, 0.05) is 18.6 Å². The first-order chi connectivity index (χ1) is 7.19. The summed E-state index contributed by atoms with van der Waals surface area (Å²) in [7, 11) is 0. The molecule has 2 N–H and O–H groups in total. The Balaban J connectivity index is 2.35. The maximum atomic E-state index is 6.30. The van der Waals surface area contributed by atoms with Crippen molar-refractivity contribution < 1.29 is 4.74 Å². The van der Waals surface area contributed by atoms with Gasteiger partial charge in [-0.15, -0.1) is 0 Å². The Kier molecular flexibility index (Phi) is 5.62. The van der Waals surface area contributed by atoms with Crippen molar-refractivity contribution in [3.63, 3.8) is 0 Å². The average Bonchev–Trinajstić information content (AvgIpc) is 2.65. The quantitative estimate of drug-likeness (QED) is 0.736. The van der Waals surface area contributed by atoms with Gasteiger partial charge in [0.05, 0.1) is 6.10 Å². The molecule has 1 aliphatic heterocycles. The third-order valence-electron chi connectivity index (χ3n) is 3.67. The summed E-state index contributed by atoms with van der Waals surface area (Å²) < 4.78 is 5.70. The van der Waals surface area contributed by atoms with E-state index in [1.54, 1.807) is 0 Å². The van der Waals surface area contributed by atoms with Crippen molar-refractivity contribution in [2.24, 2.45) is 17.6 Å². The molecule has 1 saturated heterocycles. The monoisotopic (exact) mass is 213 g/mol. The summed E-state index contributed by atoms with van der Waals surface area (Å²) in [5, 5.41) is 0. The van der Waals surface area contributed by atoms with Crippen molar-refractivity contribution in [2.75, 3.05) is 6.61 Å². The summed E-state index contributed by atoms with van der Waals surface area (Å²) in [6, 6.07) is 0.346. The van der Waals surface area contributed by atoms with E-state index in [0.29, 0.717) is 18.1 Å². The van der Waals surface area contributed by atoms with Crippen LogP contribution in [0.15, 0.2) is 0 Å². The molecule has 90 valence electrons. The molecule has 1 heterocycles. The second-order valence-corrected chi connectivity index (χ2v) is 5.06. The van der Waals surface area contributed by atoms with Gasteiger partial charge in [0.25, 0.3) is 0 Å². The van der Waals surface area contributed by atoms with Crippen LogP contribution in [0.1, 0.15) is 52.9 Å². The summed E-state index contributed by atoms with van der Waals surface area (Å²) in [5.74, 6) is 1.37. The van der Waals surface area contributed by atoms with E-state index in [4.69, 9.17) is 10.5 Å². The Morgan fingerprint density at radius 2 is 2.13 bits per heavy atom. The van der Waals surface area contributed by atoms with E-state index in [1.165, 1.54) is 25.7 Å². The van der Waals surface area contributed by atoms with Crippen molar-refractivity contribution in [2.45, 2.75) is 65.0 Å². The number of hydrogen-bond donors (Lipinski definition) is 1. The van der Waals surface area contributed by atoms with E-state index in [2.05, 4.69) is 20.8 Å². The van der Waals surface area contributed by atoms with Gasteiger partial charge < -0.3 is 10.5 Å². The topological polar surface area (TPSA) is 35.2 Å². The van der Waals surface area contributed by atoms with Crippen LogP contribution in [-0.4, -0.2) is 18.8 Å². The highest BCUT2D eigenvalue weighted by Crippen LogP contribution is 2.28. The van der Waals surface area contributed by atoms with Gasteiger partial charge in [0.1, 0.15) is 0 Å². The molecule has 0 bridgehead atoms. The van der Waals surface area contributed by atoms with E-state index < -0.39 is 0 Å². The molecule has 0 saturated carbocycles. The van der Waals surface area contributed by atoms with Gasteiger partial charge in [-0.25, -0.2) is 0 Å². The molecule has 1 rings (SSSR count). The lowest BCUT2D eigenvalue weighted by molar-refractivity contribution is 0.0790. The Morgan fingerprint density at radius 1 is 1.40 bits per heavy atom. The lowest BCUT2D eigenvalue weighted by Gasteiger charge is -2.26. The van der Waals surface area contributed by atoms with Crippen LogP contribution >= 0.6 is 0 Å². The summed E-state index contributed by atoms with van der Waals surface area (Å²) >= 11 is 0. The molecule has 0 radical (unpaired) electrons. The lowest BCUT2D eigenvalue weighted by atomic mass is 9.85. The smallest absolute Gasteiger partial charge is 0.0616 e. The third-order valence-corrected chi connectivity index (χ3v) is 3.67. The van der Waals surface area contributed by atoms with Crippen molar-refractivity contribution in [1.82, 2.24) is 0 Å². The van der Waals surface area contributed by atoms with Gasteiger partial charge in [0.15, 0.2) is 0 Å². The highest BCUT2D eigenvalue weighted by molar-refractivity contribution is 4.84. The fraction of sp³-hybridized carbons (Fsp3) is 1.00. The number of nitrogens with two attached hydrogens (primary N) is 1. The predicted octanol–water partition coefficient (Wildman–Crippen LogP) is 2.96. The van der Waals surface area contributed by atoms with Crippen LogP contribution in [-0.2, 0) is 4.74 Å². The predicted molar refractivity (Wildman–Crippen MR) is 64.8 cm³/mol. The zero-order valence-electron chi connectivity index (χ0n) is 10.5. The maximum absolute atomic E-state index is 6.30. The molecule has 0 aromatic heterocycles. The second-order valence-electron chi connectivity index (χ2n) is 5.06. The third kappa shape index (κ3) is 3.76. The van der Waals surface area contributed by atoms with Crippen molar-refractivity contribution in [1.29, 1.82) is 0 Å². The van der Waals surface area contributed by atoms with Gasteiger partial charge in [-0.2, -0.15) is 0 Å². The Labute approximate surface area is 94.6 Å². The van der Waals surface area contributed by atoms with E-state index in [1.807, 2.05) is 0 Å². The molecular formula is C13H27NO. The van der Waals surface area contributed by atoms with Crippen LogP contribution in [0.4, 0.5) is 0 Å². The molecule has 0 aromatic carbocycles. The first-order valence-electron chi connectivity index (χ1n) is 6.56. The second kappa shape index (κ2) is 6.49. The van der Waals surface area contributed by atoms with Gasteiger partial charge in [-0.3, -0.25) is 0 Å². The first kappa shape index (κ1) is 13.0. The molecule has 0 amide bonds. The molecule has 1 aliphatic rings. The van der Waals surface area contributed by atoms with E-state index in [0.717, 1.165) is 18.9 Å². The van der Waals surface area contributed by atoms with Gasteiger partial charge >= 0.3 is 0 Å². The van der Waals surface area contributed by atoms with Gasteiger partial charge in [-0.05, 0) is 25.2 Å². The maximum Gasteiger partial charge on any atom is 0.0616 e. The van der Waals surface area contributed by atoms with E-state index in [9.17, 15) is 0 Å². The average molecular weight is 213 g/mol. The molecule has 4 atom stereocenters. The van der Waals surface area contributed by atoms with Crippen molar-refractivity contribution >= 4 is 0 Å². The van der Waals surface area contributed by atoms with E-state index in [-0.39, 0.29) is 0 Å². The van der Waals surface area contributed by atoms with Crippen molar-refractivity contribution in [3.8, 4) is 0 Å². The molecule has 0 aliphatic carbocycles. The Hall–Kier alpha value is -0.0800. The Bertz CT molecular complexity index is 172.